The topological polar surface area (TPSA) is 43.4 Å². The van der Waals surface area contributed by atoms with E-state index in [1.54, 1.807) is 12.3 Å². The molecule has 0 spiro atoms. The monoisotopic (exact) mass is 996 g/mol. The van der Waals surface area contributed by atoms with Crippen molar-refractivity contribution in [3.8, 4) is 39.6 Å². The SMILES string of the molecule is [2H]C([2H])([2H])c1cc(-n2c3ccccc3c3ccc(Oc4cc(-c5c(C(C)C)cccc5C(C)C)cc(N5CN(c6c7c(cc8c9ccccc9n(C([2H])([2H])[2H])c68)c6ccccc6n7C([2H])([2H])[2H])c6ccccc65)c4)cc32)ncc1-c1ccccc1. The van der Waals surface area contributed by atoms with E-state index in [-0.39, 0.29) is 24.1 Å². The number of benzene rings is 9. The van der Waals surface area contributed by atoms with E-state index < -0.39 is 20.8 Å². The largest absolute Gasteiger partial charge is 0.457 e. The molecular formula is C69H58N6O. The van der Waals surface area contributed by atoms with Crippen LogP contribution >= 0.6 is 0 Å². The van der Waals surface area contributed by atoms with E-state index in [0.29, 0.717) is 61.4 Å². The highest BCUT2D eigenvalue weighted by molar-refractivity contribution is 6.25. The Labute approximate surface area is 455 Å². The number of hydrogen-bond acceptors (Lipinski definition) is 4. The summed E-state index contributed by atoms with van der Waals surface area (Å²) < 4.78 is 93.0. The lowest BCUT2D eigenvalue weighted by atomic mass is 9.85. The minimum absolute atomic E-state index is 0.157. The molecule has 370 valence electrons. The van der Waals surface area contributed by atoms with E-state index in [1.165, 1.54) is 20.3 Å². The van der Waals surface area contributed by atoms with Gasteiger partial charge in [-0.2, -0.15) is 0 Å². The fraction of sp³-hybridized carbons (Fsp3) is 0.145. The van der Waals surface area contributed by atoms with Gasteiger partial charge in [0.05, 0.1) is 39.1 Å². The van der Waals surface area contributed by atoms with E-state index in [4.69, 9.17) is 22.1 Å². The number of anilines is 4. The van der Waals surface area contributed by atoms with Gasteiger partial charge in [-0.1, -0.05) is 143 Å². The van der Waals surface area contributed by atoms with Crippen LogP contribution < -0.4 is 14.5 Å². The quantitative estimate of drug-likeness (QED) is 0.145. The number of rotatable bonds is 9. The van der Waals surface area contributed by atoms with Crippen molar-refractivity contribution in [3.63, 3.8) is 0 Å². The van der Waals surface area contributed by atoms with Crippen molar-refractivity contribution < 1.29 is 17.1 Å². The molecule has 0 N–H and O–H groups in total. The van der Waals surface area contributed by atoms with Gasteiger partial charge in [0.2, 0.25) is 0 Å². The summed E-state index contributed by atoms with van der Waals surface area (Å²) >= 11 is 0. The lowest BCUT2D eigenvalue weighted by Gasteiger charge is -2.26. The number of fused-ring (bicyclic) bond motifs is 10. The molecule has 0 atom stereocenters. The molecule has 0 saturated heterocycles. The van der Waals surface area contributed by atoms with Gasteiger partial charge in [-0.15, -0.1) is 0 Å². The second kappa shape index (κ2) is 17.5. The lowest BCUT2D eigenvalue weighted by Crippen LogP contribution is -2.25. The summed E-state index contributed by atoms with van der Waals surface area (Å²) in [5, 5.41) is 4.76. The number of aryl methyl sites for hydroxylation is 3. The average Bonchev–Trinajstić information content (AvgIpc) is 1.59. The fourth-order valence-corrected chi connectivity index (χ4v) is 12.1. The summed E-state index contributed by atoms with van der Waals surface area (Å²) in [5.41, 5.74) is 12.1. The highest BCUT2D eigenvalue weighted by atomic mass is 16.5. The molecule has 0 radical (unpaired) electrons. The molecule has 14 rings (SSSR count). The van der Waals surface area contributed by atoms with Gasteiger partial charge in [-0.25, -0.2) is 4.98 Å². The average molecular weight is 996 g/mol. The first kappa shape index (κ1) is 36.8. The van der Waals surface area contributed by atoms with E-state index in [0.717, 1.165) is 66.3 Å². The maximum Gasteiger partial charge on any atom is 0.137 e. The van der Waals surface area contributed by atoms with Gasteiger partial charge in [0.1, 0.15) is 24.0 Å². The molecule has 7 nitrogen and oxygen atoms in total. The maximum atomic E-state index is 9.16. The Bertz CT molecular complexity index is 4700. The van der Waals surface area contributed by atoms with Crippen molar-refractivity contribution in [1.29, 1.82) is 0 Å². The number of aromatic nitrogens is 4. The van der Waals surface area contributed by atoms with E-state index in [2.05, 4.69) is 73.9 Å². The molecule has 4 aromatic heterocycles. The summed E-state index contributed by atoms with van der Waals surface area (Å²) in [5.74, 6) is 1.85. The van der Waals surface area contributed by atoms with Crippen LogP contribution in [0.5, 0.6) is 11.5 Å². The van der Waals surface area contributed by atoms with Crippen LogP contribution in [0.25, 0.3) is 93.5 Å². The third-order valence-electron chi connectivity index (χ3n) is 15.5. The molecule has 76 heavy (non-hydrogen) atoms. The Kier molecular flexibility index (Phi) is 8.48. The van der Waals surface area contributed by atoms with Crippen LogP contribution in [-0.2, 0) is 14.0 Å². The van der Waals surface area contributed by atoms with Crippen molar-refractivity contribution in [2.24, 2.45) is 14.0 Å². The molecule has 7 heteroatoms. The normalized spacial score (nSPS) is 15.1. The number of pyridine rings is 1. The lowest BCUT2D eigenvalue weighted by molar-refractivity contribution is 0.483. The van der Waals surface area contributed by atoms with Crippen LogP contribution in [0.2, 0.25) is 0 Å². The molecule has 0 fully saturated rings. The second-order valence-electron chi connectivity index (χ2n) is 20.6. The highest BCUT2D eigenvalue weighted by Gasteiger charge is 2.34. The van der Waals surface area contributed by atoms with Gasteiger partial charge in [0, 0.05) is 99.2 Å². The van der Waals surface area contributed by atoms with Crippen molar-refractivity contribution >= 4 is 88.2 Å². The van der Waals surface area contributed by atoms with Crippen LogP contribution in [0.4, 0.5) is 22.7 Å². The third-order valence-corrected chi connectivity index (χ3v) is 15.5. The molecule has 13 aromatic rings. The number of hydrogen-bond donors (Lipinski definition) is 0. The first-order chi connectivity index (χ1) is 40.7. The Morgan fingerprint density at radius 2 is 1.08 bits per heavy atom. The van der Waals surface area contributed by atoms with Crippen LogP contribution in [-0.4, -0.2) is 25.4 Å². The summed E-state index contributed by atoms with van der Waals surface area (Å²) in [6.07, 6.45) is 1.65. The Hall–Kier alpha value is -9.07. The number of nitrogens with zero attached hydrogens (tertiary/aromatic N) is 6. The fourth-order valence-electron chi connectivity index (χ4n) is 12.1. The van der Waals surface area contributed by atoms with Crippen molar-refractivity contribution in [2.75, 3.05) is 16.5 Å². The molecule has 1 aliphatic heterocycles. The van der Waals surface area contributed by atoms with Crippen LogP contribution in [0, 0.1) is 6.85 Å². The van der Waals surface area contributed by atoms with Gasteiger partial charge < -0.3 is 23.7 Å². The summed E-state index contributed by atoms with van der Waals surface area (Å²) in [6, 6.07) is 62.9. The maximum absolute atomic E-state index is 9.16. The summed E-state index contributed by atoms with van der Waals surface area (Å²) in [4.78, 5) is 9.25. The number of para-hydroxylation sites is 5. The minimum atomic E-state index is -2.67. The van der Waals surface area contributed by atoms with Crippen molar-refractivity contribution in [1.82, 2.24) is 18.7 Å². The standard InChI is InChI=1S/C69H58N6O/c1-42(2)50-25-19-26-51(43(3)4)66(50)46-35-47(37-49(36-46)76-48-32-33-55-52-22-13-16-29-61(52)75(64(55)38-48)65-34-44(5)58(40-70-65)45-20-9-8-10-21-45)73-41-74(63-31-18-17-30-62(63)73)69-67-56(53-23-11-14-27-59(53)71(67)6)39-57-54-24-12-15-28-60(54)72(7)68(57)69/h8-40,42-43H,41H2,1-7H3/i5D3,6D3,7D3. The Morgan fingerprint density at radius 1 is 0.487 bits per heavy atom. The van der Waals surface area contributed by atoms with Gasteiger partial charge in [-0.05, 0) is 119 Å². The van der Waals surface area contributed by atoms with Crippen molar-refractivity contribution in [2.45, 2.75) is 46.4 Å². The van der Waals surface area contributed by atoms with Gasteiger partial charge in [0.15, 0.2) is 0 Å². The molecule has 0 bridgehead atoms. The summed E-state index contributed by atoms with van der Waals surface area (Å²) in [7, 11) is 0. The molecular weight excluding hydrogens is 929 g/mol. The highest BCUT2D eigenvalue weighted by Crippen LogP contribution is 2.52. The third kappa shape index (κ3) is 6.98. The zero-order valence-electron chi connectivity index (χ0n) is 51.5. The predicted molar refractivity (Wildman–Crippen MR) is 319 cm³/mol. The Balaban J connectivity index is 0.985. The van der Waals surface area contributed by atoms with Crippen molar-refractivity contribution in [3.05, 3.63) is 217 Å². The molecule has 0 aliphatic carbocycles. The van der Waals surface area contributed by atoms with Crippen LogP contribution in [0.3, 0.4) is 0 Å². The zero-order valence-corrected chi connectivity index (χ0v) is 42.5. The van der Waals surface area contributed by atoms with Gasteiger partial charge in [0.25, 0.3) is 0 Å². The van der Waals surface area contributed by atoms with E-state index >= 15 is 0 Å². The molecule has 0 saturated carbocycles. The van der Waals surface area contributed by atoms with E-state index in [1.807, 2.05) is 156 Å². The molecule has 5 heterocycles. The van der Waals surface area contributed by atoms with Crippen LogP contribution in [0.15, 0.2) is 200 Å². The molecule has 0 unspecified atom stereocenters. The van der Waals surface area contributed by atoms with Gasteiger partial charge >= 0.3 is 0 Å². The second-order valence-corrected chi connectivity index (χ2v) is 20.6. The predicted octanol–water partition coefficient (Wildman–Crippen LogP) is 18.4. The number of ether oxygens (including phenoxy) is 1. The Morgan fingerprint density at radius 3 is 1.72 bits per heavy atom. The molecule has 0 amide bonds. The minimum Gasteiger partial charge on any atom is -0.457 e. The molecule has 9 aromatic carbocycles. The first-order valence-corrected chi connectivity index (χ1v) is 25.9. The first-order valence-electron chi connectivity index (χ1n) is 30.4. The van der Waals surface area contributed by atoms with Gasteiger partial charge in [-0.3, -0.25) is 4.57 Å². The zero-order chi connectivity index (χ0) is 59.0. The molecule has 1 aliphatic rings. The smallest absolute Gasteiger partial charge is 0.137 e. The van der Waals surface area contributed by atoms with E-state index in [9.17, 15) is 0 Å². The summed E-state index contributed by atoms with van der Waals surface area (Å²) in [6.45, 7) is 1.20. The van der Waals surface area contributed by atoms with Crippen LogP contribution in [0.1, 0.15) is 68.6 Å².